The molecule has 0 bridgehead atoms. The van der Waals surface area contributed by atoms with Crippen LogP contribution in [0, 0.1) is 12.8 Å². The highest BCUT2D eigenvalue weighted by Crippen LogP contribution is 2.30. The Morgan fingerprint density at radius 2 is 2.11 bits per heavy atom. The van der Waals surface area contributed by atoms with Gasteiger partial charge < -0.3 is 10.6 Å². The van der Waals surface area contributed by atoms with E-state index in [9.17, 15) is 0 Å². The van der Waals surface area contributed by atoms with Gasteiger partial charge in [0.1, 0.15) is 5.82 Å². The molecule has 2 N–H and O–H groups in total. The van der Waals surface area contributed by atoms with Crippen molar-refractivity contribution < 1.29 is 0 Å². The van der Waals surface area contributed by atoms with E-state index in [4.69, 9.17) is 5.73 Å². The minimum Gasteiger partial charge on any atom is -0.394 e. The smallest absolute Gasteiger partial charge is 0.150 e. The zero-order valence-corrected chi connectivity index (χ0v) is 11.9. The fourth-order valence-corrected chi connectivity index (χ4v) is 3.11. The van der Waals surface area contributed by atoms with Crippen molar-refractivity contribution >= 4 is 11.5 Å². The number of nitrogen functional groups attached to an aromatic ring is 1. The number of nitrogens with two attached hydrogens (primary N) is 1. The van der Waals surface area contributed by atoms with Crippen molar-refractivity contribution in [1.82, 2.24) is 9.78 Å². The first-order valence-electron chi connectivity index (χ1n) is 7.17. The van der Waals surface area contributed by atoms with Gasteiger partial charge in [0.2, 0.25) is 0 Å². The maximum Gasteiger partial charge on any atom is 0.150 e. The van der Waals surface area contributed by atoms with Gasteiger partial charge in [-0.1, -0.05) is 19.8 Å². The largest absolute Gasteiger partial charge is 0.394 e. The van der Waals surface area contributed by atoms with Crippen molar-refractivity contribution in [3.8, 4) is 0 Å². The van der Waals surface area contributed by atoms with Gasteiger partial charge in [0.05, 0.1) is 11.4 Å². The van der Waals surface area contributed by atoms with E-state index < -0.39 is 0 Å². The van der Waals surface area contributed by atoms with E-state index in [1.165, 1.54) is 32.1 Å². The first-order chi connectivity index (χ1) is 8.63. The predicted octanol–water partition coefficient (Wildman–Crippen LogP) is 2.72. The summed E-state index contributed by atoms with van der Waals surface area (Å²) < 4.78 is 1.94. The lowest BCUT2D eigenvalue weighted by molar-refractivity contribution is 0.435. The maximum absolute atomic E-state index is 6.15. The van der Waals surface area contributed by atoms with Crippen LogP contribution in [0.4, 0.5) is 11.5 Å². The van der Waals surface area contributed by atoms with Crippen LogP contribution in [-0.4, -0.2) is 22.9 Å². The molecule has 1 aromatic rings. The number of hydrogen-bond acceptors (Lipinski definition) is 3. The highest BCUT2D eigenvalue weighted by atomic mass is 15.4. The molecule has 1 aromatic heterocycles. The lowest BCUT2D eigenvalue weighted by Crippen LogP contribution is -2.27. The fraction of sp³-hybridized carbons (Fsp3) is 0.786. The van der Waals surface area contributed by atoms with Crippen molar-refractivity contribution in [3.05, 3.63) is 5.69 Å². The number of rotatable bonds is 3. The lowest BCUT2D eigenvalue weighted by Gasteiger charge is -2.23. The van der Waals surface area contributed by atoms with Crippen LogP contribution in [0.15, 0.2) is 0 Å². The van der Waals surface area contributed by atoms with Crippen LogP contribution < -0.4 is 10.6 Å². The summed E-state index contributed by atoms with van der Waals surface area (Å²) in [5.41, 5.74) is 7.95. The summed E-state index contributed by atoms with van der Waals surface area (Å²) in [6.07, 6.45) is 6.60. The second-order valence-corrected chi connectivity index (χ2v) is 5.52. The molecule has 0 radical (unpaired) electrons. The van der Waals surface area contributed by atoms with Crippen molar-refractivity contribution in [3.63, 3.8) is 0 Å². The van der Waals surface area contributed by atoms with Crippen LogP contribution in [0.3, 0.4) is 0 Å². The zero-order valence-electron chi connectivity index (χ0n) is 11.9. The Morgan fingerprint density at radius 3 is 2.72 bits per heavy atom. The minimum absolute atomic E-state index is 0.853. The predicted molar refractivity (Wildman–Crippen MR) is 76.8 cm³/mol. The van der Waals surface area contributed by atoms with Gasteiger partial charge in [-0.25, -0.2) is 0 Å². The van der Waals surface area contributed by atoms with Gasteiger partial charge in [-0.15, -0.1) is 0 Å². The highest BCUT2D eigenvalue weighted by molar-refractivity contribution is 5.66. The molecule has 0 saturated carbocycles. The normalized spacial score (nSPS) is 21.1. The molecule has 1 atom stereocenters. The van der Waals surface area contributed by atoms with Crippen LogP contribution in [0.5, 0.6) is 0 Å². The van der Waals surface area contributed by atoms with E-state index in [1.54, 1.807) is 0 Å². The Labute approximate surface area is 110 Å². The van der Waals surface area contributed by atoms with Crippen molar-refractivity contribution in [2.24, 2.45) is 13.0 Å². The lowest BCUT2D eigenvalue weighted by atomic mass is 9.96. The minimum atomic E-state index is 0.853. The third-order valence-electron chi connectivity index (χ3n) is 4.08. The number of aromatic nitrogens is 2. The molecule has 18 heavy (non-hydrogen) atoms. The molecule has 0 aromatic carbocycles. The van der Waals surface area contributed by atoms with Gasteiger partial charge in [-0.3, -0.25) is 4.68 Å². The molecule has 0 aliphatic carbocycles. The van der Waals surface area contributed by atoms with Crippen molar-refractivity contribution in [1.29, 1.82) is 0 Å². The van der Waals surface area contributed by atoms with Crippen LogP contribution in [0.25, 0.3) is 0 Å². The molecule has 4 heteroatoms. The van der Waals surface area contributed by atoms with E-state index in [0.717, 1.165) is 36.2 Å². The maximum atomic E-state index is 6.15. The van der Waals surface area contributed by atoms with Gasteiger partial charge in [0.15, 0.2) is 0 Å². The van der Waals surface area contributed by atoms with E-state index in [2.05, 4.69) is 16.9 Å². The monoisotopic (exact) mass is 250 g/mol. The molecule has 1 unspecified atom stereocenters. The summed E-state index contributed by atoms with van der Waals surface area (Å²) in [7, 11) is 1.99. The Morgan fingerprint density at radius 1 is 1.33 bits per heavy atom. The molecule has 1 aliphatic rings. The zero-order chi connectivity index (χ0) is 13.1. The summed E-state index contributed by atoms with van der Waals surface area (Å²) >= 11 is 0. The number of nitrogens with zero attached hydrogens (tertiary/aromatic N) is 3. The molecule has 0 amide bonds. The Balaban J connectivity index is 2.10. The van der Waals surface area contributed by atoms with Crippen LogP contribution in [-0.2, 0) is 7.05 Å². The summed E-state index contributed by atoms with van der Waals surface area (Å²) in [4.78, 5) is 2.42. The van der Waals surface area contributed by atoms with Crippen LogP contribution in [0.1, 0.15) is 44.7 Å². The molecular formula is C14H26N4. The molecule has 4 nitrogen and oxygen atoms in total. The van der Waals surface area contributed by atoms with Gasteiger partial charge in [0.25, 0.3) is 0 Å². The summed E-state index contributed by atoms with van der Waals surface area (Å²) in [6, 6.07) is 0. The van der Waals surface area contributed by atoms with Crippen LogP contribution >= 0.6 is 0 Å². The summed E-state index contributed by atoms with van der Waals surface area (Å²) in [5, 5.41) is 4.42. The second-order valence-electron chi connectivity index (χ2n) is 5.52. The third-order valence-corrected chi connectivity index (χ3v) is 4.08. The van der Waals surface area contributed by atoms with Gasteiger partial charge in [-0.05, 0) is 32.1 Å². The van der Waals surface area contributed by atoms with Crippen LogP contribution in [0.2, 0.25) is 0 Å². The van der Waals surface area contributed by atoms with Gasteiger partial charge in [0, 0.05) is 20.1 Å². The second kappa shape index (κ2) is 5.63. The van der Waals surface area contributed by atoms with E-state index in [-0.39, 0.29) is 0 Å². The molecule has 102 valence electrons. The summed E-state index contributed by atoms with van der Waals surface area (Å²) in [5.74, 6) is 2.01. The first-order valence-corrected chi connectivity index (χ1v) is 7.17. The summed E-state index contributed by atoms with van der Waals surface area (Å²) in [6.45, 7) is 6.50. The van der Waals surface area contributed by atoms with E-state index in [0.29, 0.717) is 0 Å². The quantitative estimate of drug-likeness (QED) is 0.897. The average Bonchev–Trinajstić information content (AvgIpc) is 2.53. The topological polar surface area (TPSA) is 47.1 Å². The average molecular weight is 250 g/mol. The molecule has 1 aliphatic heterocycles. The third kappa shape index (κ3) is 2.62. The molecule has 2 rings (SSSR count). The van der Waals surface area contributed by atoms with E-state index in [1.807, 2.05) is 18.7 Å². The Hall–Kier alpha value is -1.19. The fourth-order valence-electron chi connectivity index (χ4n) is 3.11. The molecule has 0 spiro atoms. The van der Waals surface area contributed by atoms with E-state index >= 15 is 0 Å². The number of aryl methyl sites for hydroxylation is 2. The SMILES string of the molecule is CCCC1CCCN(c2c(N)c(C)nn2C)CC1. The first kappa shape index (κ1) is 13.2. The van der Waals surface area contributed by atoms with Crippen molar-refractivity contribution in [2.45, 2.75) is 46.0 Å². The number of anilines is 2. The molecular weight excluding hydrogens is 224 g/mol. The number of hydrogen-bond donors (Lipinski definition) is 1. The standard InChI is InChI=1S/C14H26N4/c1-4-6-12-7-5-9-18(10-8-12)14-13(15)11(2)16-17(14)3/h12H,4-10,15H2,1-3H3. The Kier molecular flexibility index (Phi) is 4.15. The van der Waals surface area contributed by atoms with Gasteiger partial charge >= 0.3 is 0 Å². The molecule has 2 heterocycles. The molecule has 1 fully saturated rings. The van der Waals surface area contributed by atoms with Crippen molar-refractivity contribution in [2.75, 3.05) is 23.7 Å². The Bertz CT molecular complexity index is 397. The molecule has 1 saturated heterocycles. The van der Waals surface area contributed by atoms with Gasteiger partial charge in [-0.2, -0.15) is 5.10 Å². The highest BCUT2D eigenvalue weighted by Gasteiger charge is 2.21.